The maximum atomic E-state index is 12.3. The van der Waals surface area contributed by atoms with Crippen molar-refractivity contribution < 1.29 is 4.79 Å². The standard InChI is InChI=1S/C16H12N2O/c19-16(18-12-6-2-1-3-7-12)14-8-4-10-15-13(14)9-5-11-17-15/h1-11H,(H,18,19). The molecule has 1 N–H and O–H groups in total. The number of fused-ring (bicyclic) bond motifs is 1. The predicted octanol–water partition coefficient (Wildman–Crippen LogP) is 3.49. The van der Waals surface area contributed by atoms with Crippen molar-refractivity contribution in [2.45, 2.75) is 0 Å². The largest absolute Gasteiger partial charge is 0.322 e. The second-order valence-corrected chi connectivity index (χ2v) is 4.20. The van der Waals surface area contributed by atoms with Crippen LogP contribution in [0.1, 0.15) is 10.4 Å². The number of para-hydroxylation sites is 1. The van der Waals surface area contributed by atoms with E-state index in [1.165, 1.54) is 0 Å². The highest BCUT2D eigenvalue weighted by Gasteiger charge is 2.09. The molecule has 3 aromatic rings. The van der Waals surface area contributed by atoms with E-state index in [0.29, 0.717) is 5.56 Å². The molecule has 3 nitrogen and oxygen atoms in total. The van der Waals surface area contributed by atoms with E-state index < -0.39 is 0 Å². The van der Waals surface area contributed by atoms with Crippen LogP contribution in [-0.2, 0) is 0 Å². The van der Waals surface area contributed by atoms with Gasteiger partial charge in [-0.15, -0.1) is 0 Å². The fraction of sp³-hybridized carbons (Fsp3) is 0. The molecule has 0 aliphatic heterocycles. The zero-order valence-electron chi connectivity index (χ0n) is 10.2. The van der Waals surface area contributed by atoms with Gasteiger partial charge in [-0.25, -0.2) is 0 Å². The SMILES string of the molecule is O=C(Nc1ccccc1)c1cccc2ncccc12. The highest BCUT2D eigenvalue weighted by Crippen LogP contribution is 2.18. The first kappa shape index (κ1) is 11.4. The summed E-state index contributed by atoms with van der Waals surface area (Å²) in [6, 6.07) is 18.7. The van der Waals surface area contributed by atoms with Gasteiger partial charge in [0.1, 0.15) is 0 Å². The summed E-state index contributed by atoms with van der Waals surface area (Å²) in [7, 11) is 0. The Morgan fingerprint density at radius 3 is 2.58 bits per heavy atom. The lowest BCUT2D eigenvalue weighted by molar-refractivity contribution is 0.102. The summed E-state index contributed by atoms with van der Waals surface area (Å²) in [5.41, 5.74) is 2.24. The Morgan fingerprint density at radius 2 is 1.74 bits per heavy atom. The number of nitrogens with one attached hydrogen (secondary N) is 1. The van der Waals surface area contributed by atoms with Crippen molar-refractivity contribution in [3.63, 3.8) is 0 Å². The van der Waals surface area contributed by atoms with Gasteiger partial charge in [0.2, 0.25) is 0 Å². The molecule has 1 aromatic heterocycles. The molecule has 92 valence electrons. The second-order valence-electron chi connectivity index (χ2n) is 4.20. The van der Waals surface area contributed by atoms with E-state index in [-0.39, 0.29) is 5.91 Å². The van der Waals surface area contributed by atoms with E-state index >= 15 is 0 Å². The molecule has 0 atom stereocenters. The minimum atomic E-state index is -0.121. The number of pyridine rings is 1. The highest BCUT2D eigenvalue weighted by atomic mass is 16.1. The molecule has 0 saturated carbocycles. The summed E-state index contributed by atoms with van der Waals surface area (Å²) in [4.78, 5) is 16.5. The summed E-state index contributed by atoms with van der Waals surface area (Å²) < 4.78 is 0. The minimum absolute atomic E-state index is 0.121. The number of benzene rings is 2. The van der Waals surface area contributed by atoms with Gasteiger partial charge in [-0.05, 0) is 30.3 Å². The van der Waals surface area contributed by atoms with Crippen molar-refractivity contribution in [1.82, 2.24) is 4.98 Å². The van der Waals surface area contributed by atoms with Gasteiger partial charge in [0.25, 0.3) is 5.91 Å². The third kappa shape index (κ3) is 2.31. The van der Waals surface area contributed by atoms with Gasteiger partial charge in [-0.1, -0.05) is 30.3 Å². The number of carbonyl (C=O) groups excluding carboxylic acids is 1. The molecular weight excluding hydrogens is 236 g/mol. The number of amides is 1. The lowest BCUT2D eigenvalue weighted by Crippen LogP contribution is -2.12. The van der Waals surface area contributed by atoms with Crippen molar-refractivity contribution in [2.24, 2.45) is 0 Å². The molecule has 0 radical (unpaired) electrons. The molecule has 0 spiro atoms. The van der Waals surface area contributed by atoms with Gasteiger partial charge in [-0.2, -0.15) is 0 Å². The number of nitrogens with zero attached hydrogens (tertiary/aromatic N) is 1. The molecule has 0 saturated heterocycles. The normalized spacial score (nSPS) is 10.3. The summed E-state index contributed by atoms with van der Waals surface area (Å²) in [5.74, 6) is -0.121. The fourth-order valence-corrected chi connectivity index (χ4v) is 2.02. The molecule has 1 heterocycles. The van der Waals surface area contributed by atoms with Crippen molar-refractivity contribution >= 4 is 22.5 Å². The van der Waals surface area contributed by atoms with Gasteiger partial charge in [0, 0.05) is 22.8 Å². The zero-order valence-corrected chi connectivity index (χ0v) is 10.2. The smallest absolute Gasteiger partial charge is 0.256 e. The molecule has 3 heteroatoms. The summed E-state index contributed by atoms with van der Waals surface area (Å²) in [5, 5.41) is 3.74. The van der Waals surface area contributed by atoms with E-state index in [9.17, 15) is 4.79 Å². The topological polar surface area (TPSA) is 42.0 Å². The Hall–Kier alpha value is -2.68. The van der Waals surface area contributed by atoms with Crippen molar-refractivity contribution in [2.75, 3.05) is 5.32 Å². The average Bonchev–Trinajstić information content (AvgIpc) is 2.47. The Morgan fingerprint density at radius 1 is 0.895 bits per heavy atom. The van der Waals surface area contributed by atoms with Gasteiger partial charge in [0.15, 0.2) is 0 Å². The number of anilines is 1. The molecule has 0 bridgehead atoms. The first-order valence-electron chi connectivity index (χ1n) is 6.05. The van der Waals surface area contributed by atoms with E-state index in [1.54, 1.807) is 6.20 Å². The monoisotopic (exact) mass is 248 g/mol. The maximum Gasteiger partial charge on any atom is 0.256 e. The van der Waals surface area contributed by atoms with Crippen LogP contribution in [0.3, 0.4) is 0 Å². The molecule has 0 aliphatic rings. The van der Waals surface area contributed by atoms with E-state index in [0.717, 1.165) is 16.6 Å². The molecule has 2 aromatic carbocycles. The number of hydrogen-bond donors (Lipinski definition) is 1. The van der Waals surface area contributed by atoms with Crippen molar-refractivity contribution in [3.05, 3.63) is 72.4 Å². The Balaban J connectivity index is 1.98. The molecule has 1 amide bonds. The Labute approximate surface area is 110 Å². The van der Waals surface area contributed by atoms with Gasteiger partial charge < -0.3 is 5.32 Å². The van der Waals surface area contributed by atoms with Crippen molar-refractivity contribution in [3.8, 4) is 0 Å². The molecule has 0 unspecified atom stereocenters. The maximum absolute atomic E-state index is 12.3. The summed E-state index contributed by atoms with van der Waals surface area (Å²) in [6.45, 7) is 0. The van der Waals surface area contributed by atoms with Gasteiger partial charge >= 0.3 is 0 Å². The number of rotatable bonds is 2. The third-order valence-corrected chi connectivity index (χ3v) is 2.92. The van der Waals surface area contributed by atoms with Crippen LogP contribution in [0.4, 0.5) is 5.69 Å². The van der Waals surface area contributed by atoms with E-state index in [1.807, 2.05) is 60.7 Å². The van der Waals surface area contributed by atoms with Crippen molar-refractivity contribution in [1.29, 1.82) is 0 Å². The van der Waals surface area contributed by atoms with Gasteiger partial charge in [-0.3, -0.25) is 9.78 Å². The third-order valence-electron chi connectivity index (χ3n) is 2.92. The predicted molar refractivity (Wildman–Crippen MR) is 76.1 cm³/mol. The van der Waals surface area contributed by atoms with Crippen LogP contribution in [0, 0.1) is 0 Å². The second kappa shape index (κ2) is 4.90. The average molecular weight is 248 g/mol. The van der Waals surface area contributed by atoms with Crippen LogP contribution < -0.4 is 5.32 Å². The van der Waals surface area contributed by atoms with Crippen LogP contribution in [-0.4, -0.2) is 10.9 Å². The molecular formula is C16H12N2O. The van der Waals surface area contributed by atoms with Crippen LogP contribution in [0.25, 0.3) is 10.9 Å². The Kier molecular flexibility index (Phi) is 2.94. The Bertz CT molecular complexity index is 718. The lowest BCUT2D eigenvalue weighted by atomic mass is 10.1. The van der Waals surface area contributed by atoms with Crippen LogP contribution in [0.2, 0.25) is 0 Å². The number of aromatic nitrogens is 1. The number of hydrogen-bond acceptors (Lipinski definition) is 2. The summed E-state index contributed by atoms with van der Waals surface area (Å²) in [6.07, 6.45) is 1.72. The molecule has 3 rings (SSSR count). The first-order chi connectivity index (χ1) is 9.34. The van der Waals surface area contributed by atoms with Crippen LogP contribution in [0.15, 0.2) is 66.9 Å². The minimum Gasteiger partial charge on any atom is -0.322 e. The first-order valence-corrected chi connectivity index (χ1v) is 6.05. The van der Waals surface area contributed by atoms with E-state index in [2.05, 4.69) is 10.3 Å². The van der Waals surface area contributed by atoms with Crippen LogP contribution >= 0.6 is 0 Å². The lowest BCUT2D eigenvalue weighted by Gasteiger charge is -2.07. The quantitative estimate of drug-likeness (QED) is 0.754. The molecule has 0 fully saturated rings. The fourth-order valence-electron chi connectivity index (χ4n) is 2.02. The molecule has 0 aliphatic carbocycles. The zero-order chi connectivity index (χ0) is 13.1. The van der Waals surface area contributed by atoms with Crippen LogP contribution in [0.5, 0.6) is 0 Å². The number of carbonyl (C=O) groups is 1. The van der Waals surface area contributed by atoms with Gasteiger partial charge in [0.05, 0.1) is 5.52 Å². The van der Waals surface area contributed by atoms with E-state index in [4.69, 9.17) is 0 Å². The molecule has 19 heavy (non-hydrogen) atoms. The highest BCUT2D eigenvalue weighted by molar-refractivity contribution is 6.12. The summed E-state index contributed by atoms with van der Waals surface area (Å²) >= 11 is 0.